The van der Waals surface area contributed by atoms with Crippen molar-refractivity contribution in [2.24, 2.45) is 0 Å². The highest BCUT2D eigenvalue weighted by Crippen LogP contribution is 2.47. The number of rotatable bonds is 4. The SMILES string of the molecule is O=C(O)C1=CCS[C@H]2C(Sc3ccccc3-c3cnco3)C(=O)N12. The van der Waals surface area contributed by atoms with Crippen LogP contribution in [0.3, 0.4) is 0 Å². The van der Waals surface area contributed by atoms with E-state index in [1.807, 2.05) is 24.3 Å². The van der Waals surface area contributed by atoms with Gasteiger partial charge in [0.1, 0.15) is 16.3 Å². The van der Waals surface area contributed by atoms with Crippen LogP contribution < -0.4 is 0 Å². The number of oxazole rings is 1. The largest absolute Gasteiger partial charge is 0.477 e. The van der Waals surface area contributed by atoms with Crippen molar-refractivity contribution in [3.8, 4) is 11.3 Å². The number of carbonyl (C=O) groups is 2. The molecule has 0 aliphatic carbocycles. The molecule has 2 aliphatic heterocycles. The van der Waals surface area contributed by atoms with Crippen LogP contribution in [0, 0.1) is 0 Å². The molecule has 0 spiro atoms. The average molecular weight is 360 g/mol. The minimum absolute atomic E-state index is 0.0871. The van der Waals surface area contributed by atoms with Gasteiger partial charge in [0.05, 0.1) is 6.20 Å². The molecule has 1 unspecified atom stereocenters. The minimum Gasteiger partial charge on any atom is -0.477 e. The maximum atomic E-state index is 12.5. The second-order valence-electron chi connectivity index (χ2n) is 5.23. The highest BCUT2D eigenvalue weighted by molar-refractivity contribution is 8.04. The number of amides is 1. The number of nitrogens with zero attached hydrogens (tertiary/aromatic N) is 2. The van der Waals surface area contributed by atoms with Crippen LogP contribution in [0.1, 0.15) is 0 Å². The number of carboxylic acid groups (broad SMARTS) is 1. The van der Waals surface area contributed by atoms with Gasteiger partial charge in [0.2, 0.25) is 5.91 Å². The maximum Gasteiger partial charge on any atom is 0.352 e. The molecule has 1 fully saturated rings. The van der Waals surface area contributed by atoms with Crippen molar-refractivity contribution in [2.45, 2.75) is 15.5 Å². The van der Waals surface area contributed by atoms with Gasteiger partial charge in [-0.15, -0.1) is 23.5 Å². The van der Waals surface area contributed by atoms with Crippen molar-refractivity contribution in [1.82, 2.24) is 9.88 Å². The van der Waals surface area contributed by atoms with E-state index < -0.39 is 5.97 Å². The van der Waals surface area contributed by atoms with Crippen molar-refractivity contribution >= 4 is 35.4 Å². The third-order valence-electron chi connectivity index (χ3n) is 3.86. The highest BCUT2D eigenvalue weighted by Gasteiger charge is 2.52. The van der Waals surface area contributed by atoms with Gasteiger partial charge in [-0.2, -0.15) is 0 Å². The standard InChI is InChI=1S/C16H12N2O4S2/c19-14-13(15-18(14)10(16(20)21)5-6-23-15)24-12-4-2-1-3-9(12)11-7-17-8-22-11/h1-5,7-8,13,15H,6H2,(H,20,21)/t13?,15-/m0/s1. The van der Waals surface area contributed by atoms with Crippen LogP contribution in [0.15, 0.2) is 57.9 Å². The molecule has 1 N–H and O–H groups in total. The monoisotopic (exact) mass is 360 g/mol. The van der Waals surface area contributed by atoms with E-state index in [4.69, 9.17) is 4.42 Å². The summed E-state index contributed by atoms with van der Waals surface area (Å²) in [6.45, 7) is 0. The lowest BCUT2D eigenvalue weighted by molar-refractivity contribution is -0.145. The van der Waals surface area contributed by atoms with Gasteiger partial charge in [0.15, 0.2) is 12.2 Å². The summed E-state index contributed by atoms with van der Waals surface area (Å²) in [5.74, 6) is 0.0122. The van der Waals surface area contributed by atoms with Gasteiger partial charge < -0.3 is 9.52 Å². The van der Waals surface area contributed by atoms with Gasteiger partial charge in [-0.05, 0) is 12.1 Å². The van der Waals surface area contributed by atoms with E-state index >= 15 is 0 Å². The predicted octanol–water partition coefficient (Wildman–Crippen LogP) is 2.69. The summed E-state index contributed by atoms with van der Waals surface area (Å²) >= 11 is 3.02. The van der Waals surface area contributed by atoms with Crippen molar-refractivity contribution in [3.63, 3.8) is 0 Å². The summed E-state index contributed by atoms with van der Waals surface area (Å²) in [7, 11) is 0. The zero-order valence-corrected chi connectivity index (χ0v) is 13.9. The summed E-state index contributed by atoms with van der Waals surface area (Å²) in [6.07, 6.45) is 4.59. The molecule has 0 radical (unpaired) electrons. The smallest absolute Gasteiger partial charge is 0.352 e. The van der Waals surface area contributed by atoms with Gasteiger partial charge in [-0.3, -0.25) is 9.69 Å². The third kappa shape index (κ3) is 2.42. The van der Waals surface area contributed by atoms with Crippen LogP contribution in [0.4, 0.5) is 0 Å². The van der Waals surface area contributed by atoms with Crippen LogP contribution in [0.5, 0.6) is 0 Å². The Balaban J connectivity index is 1.59. The molecular formula is C16H12N2O4S2. The Bertz CT molecular complexity index is 834. The lowest BCUT2D eigenvalue weighted by Gasteiger charge is -2.47. The second kappa shape index (κ2) is 6.03. The Morgan fingerprint density at radius 1 is 1.42 bits per heavy atom. The number of fused-ring (bicyclic) bond motifs is 1. The highest BCUT2D eigenvalue weighted by atomic mass is 32.2. The van der Waals surface area contributed by atoms with Gasteiger partial charge in [-0.25, -0.2) is 9.78 Å². The first-order chi connectivity index (χ1) is 11.7. The van der Waals surface area contributed by atoms with E-state index in [-0.39, 0.29) is 22.2 Å². The zero-order valence-electron chi connectivity index (χ0n) is 12.3. The molecule has 2 aromatic rings. The number of hydrogen-bond acceptors (Lipinski definition) is 6. The van der Waals surface area contributed by atoms with Crippen molar-refractivity contribution in [1.29, 1.82) is 0 Å². The number of aromatic nitrogens is 1. The Hall–Kier alpha value is -2.19. The number of aliphatic carboxylic acids is 1. The quantitative estimate of drug-likeness (QED) is 0.839. The molecule has 2 atom stereocenters. The summed E-state index contributed by atoms with van der Waals surface area (Å²) < 4.78 is 5.36. The summed E-state index contributed by atoms with van der Waals surface area (Å²) in [4.78, 5) is 30.0. The molecule has 8 heteroatoms. The van der Waals surface area contributed by atoms with Crippen LogP contribution >= 0.6 is 23.5 Å². The van der Waals surface area contributed by atoms with Gasteiger partial charge in [-0.1, -0.05) is 18.2 Å². The number of carbonyl (C=O) groups excluding carboxylic acids is 1. The van der Waals surface area contributed by atoms with Crippen molar-refractivity contribution in [3.05, 3.63) is 48.6 Å². The van der Waals surface area contributed by atoms with E-state index in [9.17, 15) is 14.7 Å². The Morgan fingerprint density at radius 3 is 3.00 bits per heavy atom. The molecule has 0 saturated carbocycles. The van der Waals surface area contributed by atoms with Crippen molar-refractivity contribution < 1.29 is 19.1 Å². The van der Waals surface area contributed by atoms with Crippen LogP contribution in [-0.4, -0.2) is 43.2 Å². The van der Waals surface area contributed by atoms with E-state index in [2.05, 4.69) is 4.98 Å². The fourth-order valence-corrected chi connectivity index (χ4v) is 5.43. The van der Waals surface area contributed by atoms with Crippen LogP contribution in [0.25, 0.3) is 11.3 Å². The summed E-state index contributed by atoms with van der Waals surface area (Å²) in [5, 5.41) is 8.77. The molecule has 24 heavy (non-hydrogen) atoms. The molecule has 1 saturated heterocycles. The van der Waals surface area contributed by atoms with Crippen LogP contribution in [-0.2, 0) is 9.59 Å². The first-order valence-electron chi connectivity index (χ1n) is 7.19. The molecule has 6 nitrogen and oxygen atoms in total. The molecule has 122 valence electrons. The minimum atomic E-state index is -1.06. The first kappa shape index (κ1) is 15.3. The number of hydrogen-bond donors (Lipinski definition) is 1. The topological polar surface area (TPSA) is 83.6 Å². The van der Waals surface area contributed by atoms with E-state index in [1.165, 1.54) is 23.1 Å². The predicted molar refractivity (Wildman–Crippen MR) is 90.4 cm³/mol. The molecule has 2 aliphatic rings. The molecular weight excluding hydrogens is 348 g/mol. The maximum absolute atomic E-state index is 12.5. The van der Waals surface area contributed by atoms with Gasteiger partial charge in [0.25, 0.3) is 0 Å². The summed E-state index contributed by atoms with van der Waals surface area (Å²) in [5.41, 5.74) is 0.963. The average Bonchev–Trinajstić information content (AvgIpc) is 3.13. The second-order valence-corrected chi connectivity index (χ2v) is 7.56. The molecule has 3 heterocycles. The number of benzene rings is 1. The van der Waals surface area contributed by atoms with Crippen molar-refractivity contribution in [2.75, 3.05) is 5.75 Å². The summed E-state index contributed by atoms with van der Waals surface area (Å²) in [6, 6.07) is 7.65. The fourth-order valence-electron chi connectivity index (χ4n) is 2.74. The van der Waals surface area contributed by atoms with E-state index in [0.717, 1.165) is 10.5 Å². The zero-order chi connectivity index (χ0) is 16.7. The fraction of sp³-hybridized carbons (Fsp3) is 0.188. The number of β-lactam (4-membered cyclic amide) rings is 1. The van der Waals surface area contributed by atoms with Gasteiger partial charge in [0, 0.05) is 16.2 Å². The Morgan fingerprint density at radius 2 is 2.25 bits per heavy atom. The Labute approximate surface area is 145 Å². The van der Waals surface area contributed by atoms with E-state index in [0.29, 0.717) is 11.5 Å². The van der Waals surface area contributed by atoms with Crippen LogP contribution in [0.2, 0.25) is 0 Å². The molecule has 1 aromatic heterocycles. The Kier molecular flexibility index (Phi) is 3.85. The third-order valence-corrected chi connectivity index (χ3v) is 6.53. The molecule has 1 aromatic carbocycles. The van der Waals surface area contributed by atoms with Gasteiger partial charge >= 0.3 is 5.97 Å². The number of carboxylic acids is 1. The lowest BCUT2D eigenvalue weighted by Crippen LogP contribution is -2.62. The normalized spacial score (nSPS) is 22.6. The first-order valence-corrected chi connectivity index (χ1v) is 9.12. The molecule has 4 rings (SSSR count). The number of thioether (sulfide) groups is 2. The molecule has 0 bridgehead atoms. The van der Waals surface area contributed by atoms with E-state index in [1.54, 1.807) is 24.0 Å². The molecule has 1 amide bonds. The lowest BCUT2D eigenvalue weighted by atomic mass is 10.1.